The molecule has 22 heavy (non-hydrogen) atoms. The van der Waals surface area contributed by atoms with Crippen molar-refractivity contribution >= 4 is 5.97 Å². The summed E-state index contributed by atoms with van der Waals surface area (Å²) in [6.45, 7) is 3.29. The lowest BCUT2D eigenvalue weighted by Crippen LogP contribution is -1.93. The second-order valence-corrected chi connectivity index (χ2v) is 4.28. The number of carbonyl (C=O) groups is 1. The molecular weight excluding hydrogens is 280 g/mol. The largest absolute Gasteiger partial charge is 0.497 e. The van der Waals surface area contributed by atoms with Crippen molar-refractivity contribution in [2.45, 2.75) is 0 Å². The first-order valence-electron chi connectivity index (χ1n) is 6.62. The molecule has 0 aromatic heterocycles. The minimum absolute atomic E-state index is 0.533. The van der Waals surface area contributed by atoms with Crippen LogP contribution in [-0.4, -0.2) is 13.1 Å². The summed E-state index contributed by atoms with van der Waals surface area (Å²) in [5.74, 6) is 0.931. The topological polar surface area (TPSA) is 44.8 Å². The van der Waals surface area contributed by atoms with Gasteiger partial charge in [0.1, 0.15) is 24.0 Å². The zero-order chi connectivity index (χ0) is 15.8. The van der Waals surface area contributed by atoms with E-state index in [0.29, 0.717) is 5.75 Å². The standard InChI is InChI=1S/C18H16O4/c1-3-18(19)22-13-12-21-17-10-6-15(7-11-17)14-4-8-16(20-2)9-5-14/h3-13H,1H2,2H3/b13-12+. The number of hydrogen-bond acceptors (Lipinski definition) is 4. The fraction of sp³-hybridized carbons (Fsp3) is 0.0556. The maximum Gasteiger partial charge on any atom is 0.335 e. The quantitative estimate of drug-likeness (QED) is 0.460. The van der Waals surface area contributed by atoms with Crippen molar-refractivity contribution < 1.29 is 19.0 Å². The average Bonchev–Trinajstić information content (AvgIpc) is 2.59. The molecule has 0 N–H and O–H groups in total. The molecule has 0 fully saturated rings. The summed E-state index contributed by atoms with van der Waals surface area (Å²) < 4.78 is 15.1. The zero-order valence-electron chi connectivity index (χ0n) is 12.2. The van der Waals surface area contributed by atoms with Gasteiger partial charge in [-0.2, -0.15) is 0 Å². The van der Waals surface area contributed by atoms with Crippen LogP contribution in [-0.2, 0) is 9.53 Å². The van der Waals surface area contributed by atoms with Crippen LogP contribution >= 0.6 is 0 Å². The van der Waals surface area contributed by atoms with Gasteiger partial charge in [0.15, 0.2) is 0 Å². The molecule has 0 spiro atoms. The molecule has 0 amide bonds. The van der Waals surface area contributed by atoms with E-state index < -0.39 is 5.97 Å². The fourth-order valence-corrected chi connectivity index (χ4v) is 1.76. The van der Waals surface area contributed by atoms with Crippen molar-refractivity contribution in [3.8, 4) is 22.6 Å². The number of benzene rings is 2. The Hall–Kier alpha value is -3.01. The lowest BCUT2D eigenvalue weighted by Gasteiger charge is -2.05. The minimum Gasteiger partial charge on any atom is -0.497 e. The van der Waals surface area contributed by atoms with Gasteiger partial charge in [0.2, 0.25) is 0 Å². The van der Waals surface area contributed by atoms with Gasteiger partial charge in [-0.25, -0.2) is 4.79 Å². The van der Waals surface area contributed by atoms with Crippen LogP contribution in [0.4, 0.5) is 0 Å². The third-order valence-electron chi connectivity index (χ3n) is 2.89. The number of methoxy groups -OCH3 is 1. The van der Waals surface area contributed by atoms with Crippen LogP contribution in [0.5, 0.6) is 11.5 Å². The Kier molecular flexibility index (Phi) is 5.37. The number of ether oxygens (including phenoxy) is 3. The lowest BCUT2D eigenvalue weighted by atomic mass is 10.1. The molecule has 0 saturated carbocycles. The van der Waals surface area contributed by atoms with Gasteiger partial charge in [-0.1, -0.05) is 30.8 Å². The van der Waals surface area contributed by atoms with E-state index in [1.54, 1.807) is 7.11 Å². The molecule has 0 bridgehead atoms. The third-order valence-corrected chi connectivity index (χ3v) is 2.89. The highest BCUT2D eigenvalue weighted by atomic mass is 16.5. The van der Waals surface area contributed by atoms with Crippen molar-refractivity contribution in [1.82, 2.24) is 0 Å². The summed E-state index contributed by atoms with van der Waals surface area (Å²) in [6, 6.07) is 15.4. The normalized spacial score (nSPS) is 10.2. The van der Waals surface area contributed by atoms with Crippen molar-refractivity contribution in [1.29, 1.82) is 0 Å². The van der Waals surface area contributed by atoms with Gasteiger partial charge in [-0.05, 0) is 35.4 Å². The molecule has 0 radical (unpaired) electrons. The average molecular weight is 296 g/mol. The van der Waals surface area contributed by atoms with Crippen molar-refractivity contribution in [2.24, 2.45) is 0 Å². The summed E-state index contributed by atoms with van der Waals surface area (Å²) in [5.41, 5.74) is 2.15. The first-order chi connectivity index (χ1) is 10.7. The van der Waals surface area contributed by atoms with Crippen molar-refractivity contribution in [3.05, 3.63) is 73.7 Å². The van der Waals surface area contributed by atoms with Crippen LogP contribution in [0.15, 0.2) is 73.7 Å². The summed E-state index contributed by atoms with van der Waals surface area (Å²) in [6.07, 6.45) is 3.54. The van der Waals surface area contributed by atoms with E-state index in [2.05, 4.69) is 11.3 Å². The van der Waals surface area contributed by atoms with Gasteiger partial charge in [0, 0.05) is 6.08 Å². The molecule has 0 heterocycles. The highest BCUT2D eigenvalue weighted by molar-refractivity contribution is 5.81. The molecule has 0 saturated heterocycles. The van der Waals surface area contributed by atoms with E-state index in [1.165, 1.54) is 12.5 Å². The Morgan fingerprint density at radius 2 is 1.45 bits per heavy atom. The van der Waals surface area contributed by atoms with E-state index >= 15 is 0 Å². The monoisotopic (exact) mass is 296 g/mol. The second-order valence-electron chi connectivity index (χ2n) is 4.28. The van der Waals surface area contributed by atoms with E-state index in [9.17, 15) is 4.79 Å². The predicted molar refractivity (Wildman–Crippen MR) is 84.5 cm³/mol. The van der Waals surface area contributed by atoms with E-state index in [1.807, 2.05) is 48.5 Å². The second kappa shape index (κ2) is 7.69. The molecule has 2 aromatic rings. The highest BCUT2D eigenvalue weighted by Crippen LogP contribution is 2.24. The minimum atomic E-state index is -0.533. The third kappa shape index (κ3) is 4.24. The van der Waals surface area contributed by atoms with Gasteiger partial charge in [-0.15, -0.1) is 0 Å². The fourth-order valence-electron chi connectivity index (χ4n) is 1.76. The SMILES string of the molecule is C=CC(=O)O/C=C/Oc1ccc(-c2ccc(OC)cc2)cc1. The maximum absolute atomic E-state index is 10.8. The van der Waals surface area contributed by atoms with Crippen molar-refractivity contribution in [2.75, 3.05) is 7.11 Å². The zero-order valence-corrected chi connectivity index (χ0v) is 12.2. The first-order valence-corrected chi connectivity index (χ1v) is 6.62. The van der Waals surface area contributed by atoms with E-state index in [-0.39, 0.29) is 0 Å². The highest BCUT2D eigenvalue weighted by Gasteiger charge is 1.99. The maximum atomic E-state index is 10.8. The van der Waals surface area contributed by atoms with Gasteiger partial charge in [0.25, 0.3) is 0 Å². The Morgan fingerprint density at radius 3 is 1.95 bits per heavy atom. The summed E-state index contributed by atoms with van der Waals surface area (Å²) >= 11 is 0. The van der Waals surface area contributed by atoms with Gasteiger partial charge >= 0.3 is 5.97 Å². The number of carbonyl (C=O) groups excluding carboxylic acids is 1. The molecular formula is C18H16O4. The molecule has 4 nitrogen and oxygen atoms in total. The number of rotatable bonds is 6. The first kappa shape index (κ1) is 15.4. The Morgan fingerprint density at radius 1 is 0.909 bits per heavy atom. The lowest BCUT2D eigenvalue weighted by molar-refractivity contribution is -0.132. The van der Waals surface area contributed by atoms with E-state index in [0.717, 1.165) is 23.0 Å². The number of hydrogen-bond donors (Lipinski definition) is 0. The Bertz CT molecular complexity index is 654. The molecule has 0 aliphatic carbocycles. The van der Waals surface area contributed by atoms with E-state index in [4.69, 9.17) is 9.47 Å². The number of esters is 1. The summed E-state index contributed by atoms with van der Waals surface area (Å²) in [4.78, 5) is 10.8. The van der Waals surface area contributed by atoms with Gasteiger partial charge < -0.3 is 14.2 Å². The molecule has 0 aliphatic rings. The van der Waals surface area contributed by atoms with Gasteiger partial charge in [0.05, 0.1) is 7.11 Å². The molecule has 0 aliphatic heterocycles. The Balaban J connectivity index is 1.97. The molecule has 0 unspecified atom stereocenters. The Labute approximate surface area is 129 Å². The molecule has 112 valence electrons. The van der Waals surface area contributed by atoms with Crippen LogP contribution < -0.4 is 9.47 Å². The van der Waals surface area contributed by atoms with Crippen LogP contribution in [0.25, 0.3) is 11.1 Å². The van der Waals surface area contributed by atoms with Crippen molar-refractivity contribution in [3.63, 3.8) is 0 Å². The van der Waals surface area contributed by atoms with Gasteiger partial charge in [-0.3, -0.25) is 0 Å². The van der Waals surface area contributed by atoms with Crippen LogP contribution in [0.3, 0.4) is 0 Å². The summed E-state index contributed by atoms with van der Waals surface area (Å²) in [5, 5.41) is 0. The van der Waals surface area contributed by atoms with Crippen LogP contribution in [0.2, 0.25) is 0 Å². The molecule has 2 aromatic carbocycles. The smallest absolute Gasteiger partial charge is 0.335 e. The molecule has 4 heteroatoms. The van der Waals surface area contributed by atoms with Crippen LogP contribution in [0, 0.1) is 0 Å². The predicted octanol–water partition coefficient (Wildman–Crippen LogP) is 3.94. The van der Waals surface area contributed by atoms with Crippen LogP contribution in [0.1, 0.15) is 0 Å². The summed E-state index contributed by atoms with van der Waals surface area (Å²) in [7, 11) is 1.64. The molecule has 0 atom stereocenters. The molecule has 2 rings (SSSR count).